The second-order valence-electron chi connectivity index (χ2n) is 4.83. The van der Waals surface area contributed by atoms with Crippen molar-refractivity contribution in [2.24, 2.45) is 0 Å². The zero-order valence-corrected chi connectivity index (χ0v) is 12.0. The van der Waals surface area contributed by atoms with E-state index in [1.54, 1.807) is 36.4 Å². The molecule has 0 heterocycles. The van der Waals surface area contributed by atoms with E-state index in [2.05, 4.69) is 0 Å². The highest BCUT2D eigenvalue weighted by Crippen LogP contribution is 2.37. The highest BCUT2D eigenvalue weighted by molar-refractivity contribution is 6.22. The molecule has 0 saturated heterocycles. The highest BCUT2D eigenvalue weighted by Gasteiger charge is 2.28. The van der Waals surface area contributed by atoms with E-state index < -0.39 is 11.9 Å². The predicted octanol–water partition coefficient (Wildman–Crippen LogP) is 2.47. The number of ether oxygens (including phenoxy) is 2. The molecule has 1 aliphatic rings. The number of hydrogen-bond donors (Lipinski definition) is 0. The standard InChI is InChI=1S/C17H12O5/c1-21-16(19)9-3-5-11-13(7-9)14-8-10(17(20)22-2)4-6-12(14)15(11)18/h3-8H,1-2H3. The van der Waals surface area contributed by atoms with Crippen LogP contribution in [-0.4, -0.2) is 31.9 Å². The molecule has 0 spiro atoms. The van der Waals surface area contributed by atoms with E-state index in [9.17, 15) is 14.4 Å². The van der Waals surface area contributed by atoms with Crippen molar-refractivity contribution in [3.63, 3.8) is 0 Å². The van der Waals surface area contributed by atoms with Crippen LogP contribution in [-0.2, 0) is 9.47 Å². The highest BCUT2D eigenvalue weighted by atomic mass is 16.5. The molecule has 0 unspecified atom stereocenters. The Bertz CT molecular complexity index is 752. The van der Waals surface area contributed by atoms with Gasteiger partial charge in [-0.15, -0.1) is 0 Å². The van der Waals surface area contributed by atoms with Gasteiger partial charge < -0.3 is 9.47 Å². The lowest BCUT2D eigenvalue weighted by molar-refractivity contribution is 0.0591. The molecule has 0 bridgehead atoms. The quantitative estimate of drug-likeness (QED) is 0.679. The summed E-state index contributed by atoms with van der Waals surface area (Å²) in [4.78, 5) is 35.7. The molecular formula is C17H12O5. The number of fused-ring (bicyclic) bond motifs is 3. The van der Waals surface area contributed by atoms with E-state index in [1.807, 2.05) is 0 Å². The average molecular weight is 296 g/mol. The molecule has 0 saturated carbocycles. The normalized spacial score (nSPS) is 11.6. The van der Waals surface area contributed by atoms with E-state index in [1.165, 1.54) is 14.2 Å². The van der Waals surface area contributed by atoms with Gasteiger partial charge in [0.15, 0.2) is 5.78 Å². The maximum absolute atomic E-state index is 12.4. The molecule has 1 aliphatic carbocycles. The first-order chi connectivity index (χ1) is 10.6. The van der Waals surface area contributed by atoms with Crippen molar-refractivity contribution < 1.29 is 23.9 Å². The minimum absolute atomic E-state index is 0.127. The number of carbonyl (C=O) groups is 3. The molecule has 5 nitrogen and oxygen atoms in total. The number of benzene rings is 2. The van der Waals surface area contributed by atoms with E-state index in [0.29, 0.717) is 33.4 Å². The molecule has 0 aliphatic heterocycles. The van der Waals surface area contributed by atoms with E-state index in [4.69, 9.17) is 9.47 Å². The monoisotopic (exact) mass is 296 g/mol. The zero-order chi connectivity index (χ0) is 15.9. The number of rotatable bonds is 2. The van der Waals surface area contributed by atoms with Gasteiger partial charge in [-0.2, -0.15) is 0 Å². The molecule has 5 heteroatoms. The molecule has 110 valence electrons. The molecule has 0 N–H and O–H groups in total. The van der Waals surface area contributed by atoms with Crippen LogP contribution < -0.4 is 0 Å². The van der Waals surface area contributed by atoms with Crippen molar-refractivity contribution in [2.75, 3.05) is 14.2 Å². The summed E-state index contributed by atoms with van der Waals surface area (Å²) in [5.74, 6) is -1.08. The minimum Gasteiger partial charge on any atom is -0.465 e. The van der Waals surface area contributed by atoms with Gasteiger partial charge in [-0.05, 0) is 47.5 Å². The Kier molecular flexibility index (Phi) is 3.25. The van der Waals surface area contributed by atoms with Crippen LogP contribution in [0.3, 0.4) is 0 Å². The van der Waals surface area contributed by atoms with Gasteiger partial charge in [-0.3, -0.25) is 4.79 Å². The Labute approximate surface area is 126 Å². The topological polar surface area (TPSA) is 69.7 Å². The predicted molar refractivity (Wildman–Crippen MR) is 78.0 cm³/mol. The van der Waals surface area contributed by atoms with Crippen LogP contribution in [0.4, 0.5) is 0 Å². The second kappa shape index (κ2) is 5.11. The first-order valence-electron chi connectivity index (χ1n) is 6.56. The van der Waals surface area contributed by atoms with Gasteiger partial charge in [0.1, 0.15) is 0 Å². The fourth-order valence-electron chi connectivity index (χ4n) is 2.56. The van der Waals surface area contributed by atoms with E-state index >= 15 is 0 Å². The van der Waals surface area contributed by atoms with Gasteiger partial charge in [0.25, 0.3) is 0 Å². The summed E-state index contributed by atoms with van der Waals surface area (Å²) in [5, 5.41) is 0. The summed E-state index contributed by atoms with van der Waals surface area (Å²) in [6, 6.07) is 9.51. The summed E-state index contributed by atoms with van der Waals surface area (Å²) < 4.78 is 9.38. The van der Waals surface area contributed by atoms with Gasteiger partial charge >= 0.3 is 11.9 Å². The van der Waals surface area contributed by atoms with Crippen LogP contribution in [0.25, 0.3) is 11.1 Å². The molecule has 2 aromatic rings. The summed E-state index contributed by atoms with van der Waals surface area (Å²) >= 11 is 0. The molecule has 0 atom stereocenters. The maximum Gasteiger partial charge on any atom is 0.337 e. The smallest absolute Gasteiger partial charge is 0.337 e. The number of ketones is 1. The third-order valence-electron chi connectivity index (χ3n) is 3.66. The number of hydrogen-bond acceptors (Lipinski definition) is 5. The fourth-order valence-corrected chi connectivity index (χ4v) is 2.56. The van der Waals surface area contributed by atoms with Crippen molar-refractivity contribution in [1.82, 2.24) is 0 Å². The molecule has 0 fully saturated rings. The summed E-state index contributed by atoms with van der Waals surface area (Å²) in [6.45, 7) is 0. The Morgan fingerprint density at radius 1 is 0.727 bits per heavy atom. The first kappa shape index (κ1) is 14.0. The van der Waals surface area contributed by atoms with Gasteiger partial charge in [-0.25, -0.2) is 9.59 Å². The van der Waals surface area contributed by atoms with Crippen LogP contribution in [0.15, 0.2) is 36.4 Å². The maximum atomic E-state index is 12.4. The summed E-state index contributed by atoms with van der Waals surface area (Å²) in [6.07, 6.45) is 0. The lowest BCUT2D eigenvalue weighted by Gasteiger charge is -2.05. The molecule has 2 aromatic carbocycles. The molecule has 0 aromatic heterocycles. The molecule has 0 radical (unpaired) electrons. The number of esters is 2. The van der Waals surface area contributed by atoms with Crippen LogP contribution in [0, 0.1) is 0 Å². The third-order valence-corrected chi connectivity index (χ3v) is 3.66. The first-order valence-corrected chi connectivity index (χ1v) is 6.56. The van der Waals surface area contributed by atoms with Gasteiger partial charge in [-0.1, -0.05) is 0 Å². The largest absolute Gasteiger partial charge is 0.465 e. The number of carbonyl (C=O) groups excluding carboxylic acids is 3. The summed E-state index contributed by atoms with van der Waals surface area (Å²) in [5.41, 5.74) is 2.95. The third kappa shape index (κ3) is 1.98. The van der Waals surface area contributed by atoms with Crippen molar-refractivity contribution >= 4 is 17.7 Å². The molecule has 22 heavy (non-hydrogen) atoms. The Hall–Kier alpha value is -2.95. The van der Waals surface area contributed by atoms with Gasteiger partial charge in [0.2, 0.25) is 0 Å². The fraction of sp³-hybridized carbons (Fsp3) is 0.118. The van der Waals surface area contributed by atoms with Crippen LogP contribution in [0.1, 0.15) is 36.6 Å². The Morgan fingerprint density at radius 3 is 1.50 bits per heavy atom. The van der Waals surface area contributed by atoms with Crippen LogP contribution in [0.2, 0.25) is 0 Å². The molecular weight excluding hydrogens is 284 g/mol. The van der Waals surface area contributed by atoms with Gasteiger partial charge in [0, 0.05) is 11.1 Å². The summed E-state index contributed by atoms with van der Waals surface area (Å²) in [7, 11) is 2.59. The Morgan fingerprint density at radius 2 is 1.14 bits per heavy atom. The van der Waals surface area contributed by atoms with Crippen molar-refractivity contribution in [1.29, 1.82) is 0 Å². The minimum atomic E-state index is -0.479. The van der Waals surface area contributed by atoms with Gasteiger partial charge in [0.05, 0.1) is 25.3 Å². The second-order valence-corrected chi connectivity index (χ2v) is 4.83. The van der Waals surface area contributed by atoms with Crippen molar-refractivity contribution in [3.05, 3.63) is 58.7 Å². The van der Waals surface area contributed by atoms with Crippen molar-refractivity contribution in [2.45, 2.75) is 0 Å². The zero-order valence-electron chi connectivity index (χ0n) is 12.0. The average Bonchev–Trinajstić information content (AvgIpc) is 2.85. The van der Waals surface area contributed by atoms with E-state index in [0.717, 1.165) is 0 Å². The van der Waals surface area contributed by atoms with Crippen LogP contribution in [0.5, 0.6) is 0 Å². The van der Waals surface area contributed by atoms with Crippen molar-refractivity contribution in [3.8, 4) is 11.1 Å². The lowest BCUT2D eigenvalue weighted by atomic mass is 10.0. The van der Waals surface area contributed by atoms with Crippen LogP contribution >= 0.6 is 0 Å². The SMILES string of the molecule is COC(=O)c1ccc2c(c1)-c1cc(C(=O)OC)ccc1C2=O. The number of methoxy groups -OCH3 is 2. The Balaban J connectivity index is 2.18. The molecule has 3 rings (SSSR count). The lowest BCUT2D eigenvalue weighted by Crippen LogP contribution is -2.02. The van der Waals surface area contributed by atoms with E-state index in [-0.39, 0.29) is 5.78 Å². The molecule has 0 amide bonds.